The van der Waals surface area contributed by atoms with Gasteiger partial charge in [0, 0.05) is 48.2 Å². The SMILES string of the molecule is Cn1cc(-c2cnc(N)c(C(=O)N[C@H]3CN(C(=O)c4ccc(-c5ccc(F)cc5Cl)cc4)C[C@H]3F)c2)cn1. The van der Waals surface area contributed by atoms with Crippen LogP contribution in [0.15, 0.2) is 67.1 Å². The third kappa shape index (κ3) is 5.08. The van der Waals surface area contributed by atoms with E-state index >= 15 is 0 Å². The van der Waals surface area contributed by atoms with Gasteiger partial charge in [-0.3, -0.25) is 14.3 Å². The van der Waals surface area contributed by atoms with Gasteiger partial charge in [0.2, 0.25) is 0 Å². The first-order chi connectivity index (χ1) is 18.2. The maximum atomic E-state index is 14.9. The van der Waals surface area contributed by atoms with Gasteiger partial charge in [-0.1, -0.05) is 23.7 Å². The average Bonchev–Trinajstić information content (AvgIpc) is 3.49. The number of nitrogens with one attached hydrogen (secondary N) is 1. The molecule has 11 heteroatoms. The van der Waals surface area contributed by atoms with Crippen LogP contribution >= 0.6 is 11.6 Å². The Labute approximate surface area is 222 Å². The minimum Gasteiger partial charge on any atom is -0.383 e. The minimum absolute atomic E-state index is 0.00703. The highest BCUT2D eigenvalue weighted by molar-refractivity contribution is 6.33. The van der Waals surface area contributed by atoms with Crippen molar-refractivity contribution in [1.29, 1.82) is 0 Å². The highest BCUT2D eigenvalue weighted by Crippen LogP contribution is 2.29. The molecule has 1 fully saturated rings. The molecule has 0 aliphatic carbocycles. The summed E-state index contributed by atoms with van der Waals surface area (Å²) in [5, 5.41) is 7.02. The normalized spacial score (nSPS) is 17.0. The van der Waals surface area contributed by atoms with Crippen molar-refractivity contribution in [2.75, 3.05) is 18.8 Å². The number of nitrogens with two attached hydrogens (primary N) is 1. The fraction of sp³-hybridized carbons (Fsp3) is 0.185. The lowest BCUT2D eigenvalue weighted by atomic mass is 10.0. The molecule has 0 spiro atoms. The van der Waals surface area contributed by atoms with Crippen molar-refractivity contribution in [3.8, 4) is 22.3 Å². The number of rotatable bonds is 5. The fourth-order valence-corrected chi connectivity index (χ4v) is 4.67. The summed E-state index contributed by atoms with van der Waals surface area (Å²) < 4.78 is 29.9. The fourth-order valence-electron chi connectivity index (χ4n) is 4.40. The second-order valence-electron chi connectivity index (χ2n) is 9.07. The van der Waals surface area contributed by atoms with Gasteiger partial charge < -0.3 is 16.0 Å². The maximum absolute atomic E-state index is 14.9. The summed E-state index contributed by atoms with van der Waals surface area (Å²) in [5.74, 6) is -1.39. The Morgan fingerprint density at radius 1 is 1.05 bits per heavy atom. The lowest BCUT2D eigenvalue weighted by Gasteiger charge is -2.17. The van der Waals surface area contributed by atoms with E-state index < -0.39 is 23.9 Å². The summed E-state index contributed by atoms with van der Waals surface area (Å²) in [6.45, 7) is -0.175. The zero-order valence-corrected chi connectivity index (χ0v) is 21.0. The van der Waals surface area contributed by atoms with Gasteiger partial charge in [-0.05, 0) is 42.0 Å². The molecule has 3 N–H and O–H groups in total. The number of nitrogens with zero attached hydrogens (tertiary/aromatic N) is 4. The second-order valence-corrected chi connectivity index (χ2v) is 9.47. The molecule has 5 rings (SSSR count). The molecule has 0 bridgehead atoms. The van der Waals surface area contributed by atoms with Crippen LogP contribution in [0.4, 0.5) is 14.6 Å². The smallest absolute Gasteiger partial charge is 0.255 e. The molecule has 0 saturated carbocycles. The van der Waals surface area contributed by atoms with Crippen molar-refractivity contribution in [2.45, 2.75) is 12.2 Å². The van der Waals surface area contributed by atoms with E-state index in [0.29, 0.717) is 22.3 Å². The van der Waals surface area contributed by atoms with Gasteiger partial charge in [-0.2, -0.15) is 5.10 Å². The summed E-state index contributed by atoms with van der Waals surface area (Å²) >= 11 is 6.13. The zero-order chi connectivity index (χ0) is 27.0. The summed E-state index contributed by atoms with van der Waals surface area (Å²) in [6, 6.07) is 11.3. The molecule has 1 aliphatic heterocycles. The first kappa shape index (κ1) is 25.3. The van der Waals surface area contributed by atoms with Gasteiger partial charge in [0.05, 0.1) is 29.4 Å². The summed E-state index contributed by atoms with van der Waals surface area (Å²) in [6.07, 6.45) is 3.48. The molecule has 1 saturated heterocycles. The molecule has 2 atom stereocenters. The molecule has 2 aromatic heterocycles. The Balaban J connectivity index is 1.26. The number of aryl methyl sites for hydroxylation is 1. The topological polar surface area (TPSA) is 106 Å². The van der Waals surface area contributed by atoms with Gasteiger partial charge in [0.1, 0.15) is 17.8 Å². The Kier molecular flexibility index (Phi) is 6.81. The molecule has 8 nitrogen and oxygen atoms in total. The lowest BCUT2D eigenvalue weighted by molar-refractivity contribution is 0.0778. The number of aromatic nitrogens is 3. The molecule has 38 heavy (non-hydrogen) atoms. The van der Waals surface area contributed by atoms with Gasteiger partial charge in [-0.25, -0.2) is 13.8 Å². The van der Waals surface area contributed by atoms with Crippen LogP contribution in [0.3, 0.4) is 0 Å². The van der Waals surface area contributed by atoms with E-state index in [1.165, 1.54) is 23.2 Å². The van der Waals surface area contributed by atoms with Gasteiger partial charge in [-0.15, -0.1) is 0 Å². The number of anilines is 1. The Hall–Kier alpha value is -4.31. The van der Waals surface area contributed by atoms with E-state index in [1.54, 1.807) is 60.5 Å². The van der Waals surface area contributed by atoms with Crippen LogP contribution in [0.1, 0.15) is 20.7 Å². The van der Waals surface area contributed by atoms with E-state index in [4.69, 9.17) is 17.3 Å². The first-order valence-electron chi connectivity index (χ1n) is 11.7. The quantitative estimate of drug-likeness (QED) is 0.399. The largest absolute Gasteiger partial charge is 0.383 e. The number of halogens is 3. The van der Waals surface area contributed by atoms with Gasteiger partial charge >= 0.3 is 0 Å². The van der Waals surface area contributed by atoms with Crippen molar-refractivity contribution in [1.82, 2.24) is 25.0 Å². The van der Waals surface area contributed by atoms with E-state index in [2.05, 4.69) is 15.4 Å². The van der Waals surface area contributed by atoms with Crippen LogP contribution in [0.5, 0.6) is 0 Å². The lowest BCUT2D eigenvalue weighted by Crippen LogP contribution is -2.42. The molecular weight excluding hydrogens is 514 g/mol. The molecule has 1 aliphatic rings. The number of likely N-dealkylation sites (tertiary alicyclic amines) is 1. The standard InChI is InChI=1S/C27H23ClF2N6O2/c1-35-12-18(11-33-35)17-8-21(25(31)32-10-17)26(37)34-24-14-36(13-23(24)30)27(38)16-4-2-15(3-5-16)20-7-6-19(29)9-22(20)28/h2-12,23-24H,13-14H2,1H3,(H2,31,32)(H,34,37)/t23-,24+/m1/s1. The molecule has 194 valence electrons. The summed E-state index contributed by atoms with van der Waals surface area (Å²) in [5.41, 5.74) is 9.12. The van der Waals surface area contributed by atoms with Crippen molar-refractivity contribution < 1.29 is 18.4 Å². The molecule has 2 amide bonds. The Morgan fingerprint density at radius 3 is 2.50 bits per heavy atom. The van der Waals surface area contributed by atoms with Gasteiger partial charge in [0.25, 0.3) is 11.8 Å². The number of carbonyl (C=O) groups is 2. The number of hydrogen-bond donors (Lipinski definition) is 2. The van der Waals surface area contributed by atoms with E-state index in [-0.39, 0.29) is 35.4 Å². The third-order valence-corrected chi connectivity index (χ3v) is 6.74. The zero-order valence-electron chi connectivity index (χ0n) is 20.2. The Bertz CT molecular complexity index is 1520. The van der Waals surface area contributed by atoms with Gasteiger partial charge in [0.15, 0.2) is 0 Å². The first-order valence-corrected chi connectivity index (χ1v) is 12.1. The number of amides is 2. The Morgan fingerprint density at radius 2 is 1.82 bits per heavy atom. The summed E-state index contributed by atoms with van der Waals surface area (Å²) in [4.78, 5) is 31.5. The number of hydrogen-bond acceptors (Lipinski definition) is 5. The molecular formula is C27H23ClF2N6O2. The van der Waals surface area contributed by atoms with Crippen LogP contribution in [0, 0.1) is 5.82 Å². The minimum atomic E-state index is -1.46. The highest BCUT2D eigenvalue weighted by atomic mass is 35.5. The molecule has 0 radical (unpaired) electrons. The number of carbonyl (C=O) groups excluding carboxylic acids is 2. The molecule has 2 aromatic carbocycles. The highest BCUT2D eigenvalue weighted by Gasteiger charge is 2.37. The van der Waals surface area contributed by atoms with Crippen LogP contribution in [0.2, 0.25) is 5.02 Å². The van der Waals surface area contributed by atoms with Crippen LogP contribution in [0.25, 0.3) is 22.3 Å². The summed E-state index contributed by atoms with van der Waals surface area (Å²) in [7, 11) is 1.77. The monoisotopic (exact) mass is 536 g/mol. The predicted octanol–water partition coefficient (Wildman–Crippen LogP) is 4.12. The molecule has 4 aromatic rings. The average molecular weight is 537 g/mol. The number of alkyl halides is 1. The van der Waals surface area contributed by atoms with Crippen molar-refractivity contribution in [3.05, 3.63) is 89.1 Å². The maximum Gasteiger partial charge on any atom is 0.255 e. The van der Waals surface area contributed by atoms with Crippen LogP contribution in [-0.2, 0) is 7.05 Å². The van der Waals surface area contributed by atoms with E-state index in [9.17, 15) is 18.4 Å². The van der Waals surface area contributed by atoms with E-state index in [1.807, 2.05) is 0 Å². The van der Waals surface area contributed by atoms with Crippen LogP contribution < -0.4 is 11.1 Å². The van der Waals surface area contributed by atoms with Crippen LogP contribution in [-0.4, -0.2) is 56.8 Å². The van der Waals surface area contributed by atoms with E-state index in [0.717, 1.165) is 5.56 Å². The second kappa shape index (κ2) is 10.2. The number of pyridine rings is 1. The van der Waals surface area contributed by atoms with Crippen molar-refractivity contribution in [2.24, 2.45) is 7.05 Å². The molecule has 0 unspecified atom stereocenters. The number of benzene rings is 2. The predicted molar refractivity (Wildman–Crippen MR) is 140 cm³/mol. The molecule has 3 heterocycles. The van der Waals surface area contributed by atoms with Crippen molar-refractivity contribution in [3.63, 3.8) is 0 Å². The third-order valence-electron chi connectivity index (χ3n) is 6.43. The van der Waals surface area contributed by atoms with Crippen molar-refractivity contribution >= 4 is 29.2 Å². The number of nitrogen functional groups attached to an aromatic ring is 1.